The predicted octanol–water partition coefficient (Wildman–Crippen LogP) is 9.46. The van der Waals surface area contributed by atoms with Gasteiger partial charge in [-0.05, 0) is 54.7 Å². The van der Waals surface area contributed by atoms with Gasteiger partial charge in [0.2, 0.25) is 0 Å². The zero-order chi connectivity index (χ0) is 29.4. The van der Waals surface area contributed by atoms with Crippen molar-refractivity contribution < 1.29 is 14.6 Å². The summed E-state index contributed by atoms with van der Waals surface area (Å²) in [5, 5.41) is 11.6. The van der Waals surface area contributed by atoms with E-state index < -0.39 is 5.60 Å². The predicted molar refractivity (Wildman–Crippen MR) is 165 cm³/mol. The zero-order valence-electron chi connectivity index (χ0n) is 26.8. The SMILES string of the molecule is CCC(C)(C)C1(O)C(c2cccc(C)c2)OCC1(C)C.CCC(C)(C)C1=C(c2cccc(C)c2)OCC1(C)C. The fourth-order valence-electron chi connectivity index (χ4n) is 6.71. The molecule has 1 saturated heterocycles. The van der Waals surface area contributed by atoms with E-state index in [0.29, 0.717) is 6.61 Å². The van der Waals surface area contributed by atoms with Gasteiger partial charge < -0.3 is 14.6 Å². The molecule has 0 saturated carbocycles. The first kappa shape index (κ1) is 31.4. The average Bonchev–Trinajstić information content (AvgIpc) is 3.32. The third kappa shape index (κ3) is 5.86. The molecule has 216 valence electrons. The minimum atomic E-state index is -0.872. The molecular formula is C36H54O3. The normalized spacial score (nSPS) is 24.3. The first-order chi connectivity index (χ1) is 17.9. The van der Waals surface area contributed by atoms with Gasteiger partial charge in [-0.2, -0.15) is 0 Å². The topological polar surface area (TPSA) is 38.7 Å². The number of hydrogen-bond donors (Lipinski definition) is 1. The highest BCUT2D eigenvalue weighted by atomic mass is 16.5. The lowest BCUT2D eigenvalue weighted by molar-refractivity contribution is -0.157. The van der Waals surface area contributed by atoms with Crippen molar-refractivity contribution in [3.05, 3.63) is 76.4 Å². The molecule has 0 radical (unpaired) electrons. The highest BCUT2D eigenvalue weighted by Gasteiger charge is 2.62. The summed E-state index contributed by atoms with van der Waals surface area (Å²) in [6.07, 6.45) is 1.79. The third-order valence-electron chi connectivity index (χ3n) is 9.60. The number of ether oxygens (including phenoxy) is 2. The fourth-order valence-corrected chi connectivity index (χ4v) is 6.71. The Bertz CT molecular complexity index is 1180. The van der Waals surface area contributed by atoms with Crippen LogP contribution in [0.2, 0.25) is 0 Å². The lowest BCUT2D eigenvalue weighted by Crippen LogP contribution is -2.55. The van der Waals surface area contributed by atoms with Gasteiger partial charge in [0.05, 0.1) is 13.2 Å². The molecule has 2 aromatic rings. The summed E-state index contributed by atoms with van der Waals surface area (Å²) >= 11 is 0. The van der Waals surface area contributed by atoms with E-state index in [1.807, 2.05) is 6.07 Å². The minimum Gasteiger partial charge on any atom is -0.492 e. The molecule has 39 heavy (non-hydrogen) atoms. The highest BCUT2D eigenvalue weighted by Crippen LogP contribution is 2.58. The lowest BCUT2D eigenvalue weighted by Gasteiger charge is -2.49. The van der Waals surface area contributed by atoms with Crippen molar-refractivity contribution in [3.63, 3.8) is 0 Å². The van der Waals surface area contributed by atoms with E-state index >= 15 is 0 Å². The maximum absolute atomic E-state index is 11.6. The van der Waals surface area contributed by atoms with Gasteiger partial charge in [-0.1, -0.05) is 123 Å². The molecule has 0 bridgehead atoms. The highest BCUT2D eigenvalue weighted by molar-refractivity contribution is 5.68. The molecule has 4 rings (SSSR count). The summed E-state index contributed by atoms with van der Waals surface area (Å²) in [4.78, 5) is 0. The van der Waals surface area contributed by atoms with Crippen LogP contribution in [0.3, 0.4) is 0 Å². The fraction of sp³-hybridized carbons (Fsp3) is 0.611. The van der Waals surface area contributed by atoms with E-state index in [-0.39, 0.29) is 27.8 Å². The van der Waals surface area contributed by atoms with Crippen LogP contribution in [0.5, 0.6) is 0 Å². The van der Waals surface area contributed by atoms with Crippen molar-refractivity contribution in [2.45, 2.75) is 108 Å². The van der Waals surface area contributed by atoms with Crippen LogP contribution >= 0.6 is 0 Å². The largest absolute Gasteiger partial charge is 0.492 e. The van der Waals surface area contributed by atoms with Crippen LogP contribution in [0, 0.1) is 35.5 Å². The second kappa shape index (κ2) is 11.1. The van der Waals surface area contributed by atoms with Crippen LogP contribution in [-0.4, -0.2) is 23.9 Å². The Kier molecular flexibility index (Phi) is 8.91. The molecule has 1 N–H and O–H groups in total. The van der Waals surface area contributed by atoms with Crippen molar-refractivity contribution in [1.29, 1.82) is 0 Å². The Morgan fingerprint density at radius 1 is 0.846 bits per heavy atom. The van der Waals surface area contributed by atoms with E-state index in [1.165, 1.54) is 22.3 Å². The second-order valence-corrected chi connectivity index (χ2v) is 14.5. The number of hydrogen-bond acceptors (Lipinski definition) is 3. The summed E-state index contributed by atoms with van der Waals surface area (Å²) in [6.45, 7) is 27.7. The lowest BCUT2D eigenvalue weighted by atomic mass is 9.58. The molecule has 0 aliphatic carbocycles. The maximum atomic E-state index is 11.6. The molecule has 2 atom stereocenters. The van der Waals surface area contributed by atoms with Gasteiger partial charge in [0.1, 0.15) is 17.5 Å². The molecule has 3 heteroatoms. The quantitative estimate of drug-likeness (QED) is 0.401. The number of aryl methyl sites for hydroxylation is 2. The van der Waals surface area contributed by atoms with Crippen molar-refractivity contribution in [1.82, 2.24) is 0 Å². The molecule has 2 unspecified atom stereocenters. The summed E-state index contributed by atoms with van der Waals surface area (Å²) < 4.78 is 12.2. The van der Waals surface area contributed by atoms with Crippen LogP contribution in [0.15, 0.2) is 54.1 Å². The maximum Gasteiger partial charge on any atom is 0.126 e. The first-order valence-corrected chi connectivity index (χ1v) is 14.8. The summed E-state index contributed by atoms with van der Waals surface area (Å²) in [5.41, 5.74) is 5.22. The molecule has 2 heterocycles. The summed E-state index contributed by atoms with van der Waals surface area (Å²) in [7, 11) is 0. The van der Waals surface area contributed by atoms with E-state index in [9.17, 15) is 5.11 Å². The van der Waals surface area contributed by atoms with Gasteiger partial charge in [-0.3, -0.25) is 0 Å². The van der Waals surface area contributed by atoms with Gasteiger partial charge >= 0.3 is 0 Å². The molecular weight excluding hydrogens is 480 g/mol. The Morgan fingerprint density at radius 3 is 1.97 bits per heavy atom. The molecule has 0 aromatic heterocycles. The summed E-state index contributed by atoms with van der Waals surface area (Å²) in [5.74, 6) is 1.11. The second-order valence-electron chi connectivity index (χ2n) is 14.5. The molecule has 1 fully saturated rings. The van der Waals surface area contributed by atoms with Gasteiger partial charge in [-0.25, -0.2) is 0 Å². The standard InChI is InChI=1S/C18H28O2.C18H26O/c1-7-16(3,4)18(19)15(20-12-17(18,5)6)14-10-8-9-13(2)11-14;1-7-17(3,4)16-15(19-12-18(16,5)6)14-10-8-9-13(2)11-14/h8-11,15,19H,7,12H2,1-6H3;8-11H,7,12H2,1-6H3. The third-order valence-corrected chi connectivity index (χ3v) is 9.60. The number of rotatable bonds is 6. The Balaban J connectivity index is 0.000000216. The minimum absolute atomic E-state index is 0.124. The number of aliphatic hydroxyl groups is 1. The average molecular weight is 535 g/mol. The van der Waals surface area contributed by atoms with E-state index in [0.717, 1.165) is 30.8 Å². The van der Waals surface area contributed by atoms with Gasteiger partial charge in [-0.15, -0.1) is 0 Å². The van der Waals surface area contributed by atoms with E-state index in [1.54, 1.807) is 0 Å². The molecule has 2 aromatic carbocycles. The van der Waals surface area contributed by atoms with Crippen LogP contribution in [0.1, 0.15) is 110 Å². The van der Waals surface area contributed by atoms with E-state index in [2.05, 4.69) is 126 Å². The van der Waals surface area contributed by atoms with Crippen molar-refractivity contribution in [2.24, 2.45) is 21.7 Å². The smallest absolute Gasteiger partial charge is 0.126 e. The van der Waals surface area contributed by atoms with Gasteiger partial charge in [0.15, 0.2) is 0 Å². The van der Waals surface area contributed by atoms with Crippen molar-refractivity contribution >= 4 is 5.76 Å². The van der Waals surface area contributed by atoms with Crippen molar-refractivity contribution in [2.75, 3.05) is 13.2 Å². The van der Waals surface area contributed by atoms with Crippen molar-refractivity contribution in [3.8, 4) is 0 Å². The van der Waals surface area contributed by atoms with Crippen LogP contribution in [0.4, 0.5) is 0 Å². The van der Waals surface area contributed by atoms with Crippen LogP contribution < -0.4 is 0 Å². The van der Waals surface area contributed by atoms with Crippen LogP contribution in [0.25, 0.3) is 5.76 Å². The van der Waals surface area contributed by atoms with Gasteiger partial charge in [0.25, 0.3) is 0 Å². The molecule has 3 nitrogen and oxygen atoms in total. The zero-order valence-corrected chi connectivity index (χ0v) is 26.8. The summed E-state index contributed by atoms with van der Waals surface area (Å²) in [6, 6.07) is 16.9. The molecule has 2 aliphatic rings. The molecule has 0 spiro atoms. The van der Waals surface area contributed by atoms with E-state index in [4.69, 9.17) is 9.47 Å². The molecule has 0 amide bonds. The molecule has 2 aliphatic heterocycles. The monoisotopic (exact) mass is 534 g/mol. The number of benzene rings is 2. The Labute approximate surface area is 239 Å². The van der Waals surface area contributed by atoms with Gasteiger partial charge in [0, 0.05) is 16.4 Å². The first-order valence-electron chi connectivity index (χ1n) is 14.8. The Hall–Kier alpha value is -2.10. The Morgan fingerprint density at radius 2 is 1.44 bits per heavy atom. The van der Waals surface area contributed by atoms with Crippen LogP contribution in [-0.2, 0) is 9.47 Å².